The van der Waals surface area contributed by atoms with E-state index in [-0.39, 0.29) is 38.9 Å². The number of halogens is 1. The normalized spacial score (nSPS) is 28.7. The van der Waals surface area contributed by atoms with Gasteiger partial charge in [0.25, 0.3) is 5.91 Å². The molecule has 5 amide bonds. The van der Waals surface area contributed by atoms with Gasteiger partial charge in [-0.3, -0.25) is 28.8 Å². The van der Waals surface area contributed by atoms with Crippen LogP contribution in [0, 0.1) is 17.2 Å². The molecule has 1 aromatic rings. The number of aliphatic hydroxyl groups excluding tert-OH is 2. The van der Waals surface area contributed by atoms with Gasteiger partial charge >= 0.3 is 6.09 Å². The van der Waals surface area contributed by atoms with Crippen molar-refractivity contribution in [3.8, 4) is 0 Å². The SMILES string of the molecule is CC(CO)(CO)C(=O)N[C@H]1CCCCC/C=C\[C@@H]2C[C@@]2(C(=O)NS(=O)(=O)C2CC2)NC(=O)[C@@H]2C[C@@H](OC(=O)N3Cc4cccc(F)c4C3)CN2C1=O. The molecule has 3 heterocycles. The summed E-state index contributed by atoms with van der Waals surface area (Å²) in [6, 6.07) is 2.08. The maximum Gasteiger partial charge on any atom is 0.410 e. The summed E-state index contributed by atoms with van der Waals surface area (Å²) in [5, 5.41) is 24.4. The first-order valence-electron chi connectivity index (χ1n) is 17.8. The number of fused-ring (bicyclic) bond motifs is 3. The molecule has 3 fully saturated rings. The molecule has 5 N–H and O–H groups in total. The van der Waals surface area contributed by atoms with Gasteiger partial charge in [-0.05, 0) is 57.1 Å². The Morgan fingerprint density at radius 1 is 1.10 bits per heavy atom. The Hall–Kier alpha value is -4.09. The molecule has 0 bridgehead atoms. The van der Waals surface area contributed by atoms with Gasteiger partial charge in [0.05, 0.1) is 37.0 Å². The minimum Gasteiger partial charge on any atom is -0.444 e. The fraction of sp³-hybridized carbons (Fsp3) is 0.629. The largest absolute Gasteiger partial charge is 0.444 e. The number of carbonyl (C=O) groups excluding carboxylic acids is 5. The summed E-state index contributed by atoms with van der Waals surface area (Å²) >= 11 is 0. The number of aliphatic hydroxyl groups is 2. The summed E-state index contributed by atoms with van der Waals surface area (Å²) in [5.41, 5.74) is -2.20. The molecule has 5 atom stereocenters. The van der Waals surface area contributed by atoms with Crippen molar-refractivity contribution in [2.45, 2.75) is 107 Å². The second kappa shape index (κ2) is 14.7. The van der Waals surface area contributed by atoms with Crippen molar-refractivity contribution in [2.24, 2.45) is 11.3 Å². The predicted molar refractivity (Wildman–Crippen MR) is 182 cm³/mol. The van der Waals surface area contributed by atoms with Crippen LogP contribution in [-0.4, -0.2) is 107 Å². The van der Waals surface area contributed by atoms with Crippen molar-refractivity contribution >= 4 is 39.7 Å². The lowest BCUT2D eigenvalue weighted by Crippen LogP contribution is -2.59. The van der Waals surface area contributed by atoms with Gasteiger partial charge in [-0.1, -0.05) is 37.1 Å². The van der Waals surface area contributed by atoms with E-state index < -0.39 is 99.1 Å². The molecule has 284 valence electrons. The predicted octanol–water partition coefficient (Wildman–Crippen LogP) is 0.727. The number of nitrogens with one attached hydrogen (secondary N) is 3. The molecule has 2 saturated carbocycles. The summed E-state index contributed by atoms with van der Waals surface area (Å²) in [6.07, 6.45) is 5.34. The Balaban J connectivity index is 1.26. The Kier molecular flexibility index (Phi) is 10.7. The molecule has 0 aromatic heterocycles. The highest BCUT2D eigenvalue weighted by Gasteiger charge is 2.62. The zero-order chi connectivity index (χ0) is 37.4. The molecule has 3 aliphatic heterocycles. The number of nitrogens with zero attached hydrogens (tertiary/aromatic N) is 2. The highest BCUT2D eigenvalue weighted by atomic mass is 32.2. The topological polar surface area (TPSA) is 212 Å². The van der Waals surface area contributed by atoms with Crippen LogP contribution < -0.4 is 15.4 Å². The quantitative estimate of drug-likeness (QED) is 0.235. The maximum absolute atomic E-state index is 14.4. The molecule has 15 nitrogen and oxygen atoms in total. The Labute approximate surface area is 301 Å². The first kappa shape index (κ1) is 37.7. The van der Waals surface area contributed by atoms with E-state index in [9.17, 15) is 47.0 Å². The van der Waals surface area contributed by atoms with Crippen molar-refractivity contribution in [3.05, 3.63) is 47.3 Å². The Bertz CT molecular complexity index is 1750. The van der Waals surface area contributed by atoms with Gasteiger partial charge < -0.3 is 30.5 Å². The van der Waals surface area contributed by atoms with Gasteiger partial charge in [0, 0.05) is 24.4 Å². The van der Waals surface area contributed by atoms with E-state index in [2.05, 4.69) is 15.4 Å². The van der Waals surface area contributed by atoms with E-state index in [1.807, 2.05) is 6.08 Å². The van der Waals surface area contributed by atoms with E-state index in [1.54, 1.807) is 18.2 Å². The number of amides is 5. The number of carbonyl (C=O) groups is 5. The maximum atomic E-state index is 14.4. The highest BCUT2D eigenvalue weighted by Crippen LogP contribution is 2.46. The molecular formula is C35H46FN5O10S. The molecule has 17 heteroatoms. The first-order valence-corrected chi connectivity index (χ1v) is 19.4. The Morgan fingerprint density at radius 3 is 2.54 bits per heavy atom. The second-order valence-electron chi connectivity index (χ2n) is 14.9. The zero-order valence-electron chi connectivity index (χ0n) is 29.0. The summed E-state index contributed by atoms with van der Waals surface area (Å²) in [4.78, 5) is 71.2. The van der Waals surface area contributed by atoms with E-state index >= 15 is 0 Å². The average molecular weight is 748 g/mol. The first-order chi connectivity index (χ1) is 24.7. The summed E-state index contributed by atoms with van der Waals surface area (Å²) < 4.78 is 47.8. The average Bonchev–Trinajstić information content (AvgIpc) is 4.00. The number of ether oxygens (including phenoxy) is 1. The molecule has 52 heavy (non-hydrogen) atoms. The molecule has 1 saturated heterocycles. The van der Waals surface area contributed by atoms with E-state index in [0.29, 0.717) is 49.7 Å². The monoisotopic (exact) mass is 747 g/mol. The molecule has 0 radical (unpaired) electrons. The van der Waals surface area contributed by atoms with Crippen LogP contribution >= 0.6 is 0 Å². The summed E-state index contributed by atoms with van der Waals surface area (Å²) in [5.74, 6) is -4.04. The lowest BCUT2D eigenvalue weighted by atomic mass is 9.91. The summed E-state index contributed by atoms with van der Waals surface area (Å²) in [7, 11) is -3.95. The lowest BCUT2D eigenvalue weighted by Gasteiger charge is -2.32. The van der Waals surface area contributed by atoms with E-state index in [0.717, 1.165) is 0 Å². The van der Waals surface area contributed by atoms with Crippen molar-refractivity contribution in [3.63, 3.8) is 0 Å². The minimum absolute atomic E-state index is 0.0288. The van der Waals surface area contributed by atoms with Gasteiger partial charge in [0.2, 0.25) is 27.7 Å². The van der Waals surface area contributed by atoms with Crippen molar-refractivity contribution in [1.82, 2.24) is 25.2 Å². The van der Waals surface area contributed by atoms with Crippen LogP contribution in [0.4, 0.5) is 9.18 Å². The standard InChI is InChI=1S/C35H46FN5O10S/c1-34(19-42,20-43)31(46)37-27-11-6-4-2-3-5-9-22-15-35(22,32(47)39-52(49,50)24-12-13-24)38-29(44)28-14-23(17-41(28)30(27)45)51-33(48)40-16-21-8-7-10-26(36)25(21)18-40/h5,7-10,22-24,27-28,42-43H,2-4,6,11-20H2,1H3,(H,37,46)(H,38,44)(H,39,47)/b9-5-/t22-,23-,27+,28+,35-/m1/s1. The summed E-state index contributed by atoms with van der Waals surface area (Å²) in [6.45, 7) is -0.221. The number of rotatable bonds is 8. The second-order valence-corrected chi connectivity index (χ2v) is 16.9. The van der Waals surface area contributed by atoms with Crippen molar-refractivity contribution < 1.29 is 51.7 Å². The number of hydrogen-bond acceptors (Lipinski definition) is 10. The van der Waals surface area contributed by atoms with Crippen molar-refractivity contribution in [2.75, 3.05) is 19.8 Å². The highest BCUT2D eigenvalue weighted by molar-refractivity contribution is 7.91. The molecule has 5 aliphatic rings. The smallest absolute Gasteiger partial charge is 0.410 e. The van der Waals surface area contributed by atoms with Crippen LogP contribution in [0.15, 0.2) is 30.4 Å². The number of sulfonamides is 1. The van der Waals surface area contributed by atoms with Crippen LogP contribution in [0.5, 0.6) is 0 Å². The molecule has 0 unspecified atom stereocenters. The molecule has 1 aromatic carbocycles. The van der Waals surface area contributed by atoms with Crippen molar-refractivity contribution in [1.29, 1.82) is 0 Å². The minimum atomic E-state index is -3.95. The van der Waals surface area contributed by atoms with Crippen LogP contribution in [0.2, 0.25) is 0 Å². The molecular weight excluding hydrogens is 701 g/mol. The molecule has 2 aliphatic carbocycles. The van der Waals surface area contributed by atoms with Gasteiger partial charge in [0.15, 0.2) is 0 Å². The van der Waals surface area contributed by atoms with Crippen LogP contribution in [-0.2, 0) is 47.0 Å². The van der Waals surface area contributed by atoms with Gasteiger partial charge in [-0.2, -0.15) is 0 Å². The van der Waals surface area contributed by atoms with Crippen LogP contribution in [0.1, 0.15) is 75.8 Å². The number of benzene rings is 1. The van der Waals surface area contributed by atoms with Gasteiger partial charge in [0.1, 0.15) is 29.5 Å². The number of hydrogen-bond donors (Lipinski definition) is 5. The van der Waals surface area contributed by atoms with Gasteiger partial charge in [-0.25, -0.2) is 17.6 Å². The third kappa shape index (κ3) is 7.67. The van der Waals surface area contributed by atoms with Crippen LogP contribution in [0.25, 0.3) is 0 Å². The molecule has 0 spiro atoms. The number of allylic oxidation sites excluding steroid dienone is 1. The van der Waals surface area contributed by atoms with E-state index in [1.165, 1.54) is 22.8 Å². The zero-order valence-corrected chi connectivity index (χ0v) is 29.8. The van der Waals surface area contributed by atoms with E-state index in [4.69, 9.17) is 4.74 Å². The third-order valence-electron chi connectivity index (χ3n) is 10.8. The van der Waals surface area contributed by atoms with Gasteiger partial charge in [-0.15, -0.1) is 0 Å². The lowest BCUT2D eigenvalue weighted by molar-refractivity contribution is -0.145. The van der Waals surface area contributed by atoms with Crippen LogP contribution in [0.3, 0.4) is 0 Å². The Morgan fingerprint density at radius 2 is 1.85 bits per heavy atom. The third-order valence-corrected chi connectivity index (χ3v) is 12.7. The fourth-order valence-corrected chi connectivity index (χ4v) is 8.46. The fourth-order valence-electron chi connectivity index (χ4n) is 7.10. The molecule has 6 rings (SSSR count).